The van der Waals surface area contributed by atoms with Gasteiger partial charge in [-0.3, -0.25) is 24.5 Å². The summed E-state index contributed by atoms with van der Waals surface area (Å²) in [7, 11) is 1.58. The normalized spacial score (nSPS) is 15.3. The number of nitriles is 1. The predicted octanol–water partition coefficient (Wildman–Crippen LogP) is 2.85. The van der Waals surface area contributed by atoms with Gasteiger partial charge in [-0.1, -0.05) is 12.1 Å². The lowest BCUT2D eigenvalue weighted by atomic mass is 10.0. The number of ether oxygens (including phenoxy) is 1. The molecule has 1 heterocycles. The minimum atomic E-state index is -4.79. The highest BCUT2D eigenvalue weighted by Crippen LogP contribution is 2.33. The quantitative estimate of drug-likeness (QED) is 0.0700. The maximum Gasteiger partial charge on any atom is 0.417 e. The molecule has 7 N–H and O–H groups in total. The lowest BCUT2D eigenvalue weighted by Gasteiger charge is -2.29. The van der Waals surface area contributed by atoms with Crippen molar-refractivity contribution in [3.05, 3.63) is 83.4 Å². The monoisotopic (exact) mass is 766 g/mol. The highest BCUT2D eigenvalue weighted by molar-refractivity contribution is 6.01. The van der Waals surface area contributed by atoms with Crippen molar-refractivity contribution in [2.24, 2.45) is 0 Å². The van der Waals surface area contributed by atoms with Gasteiger partial charge in [0.25, 0.3) is 5.91 Å². The number of hydrogen-bond acceptors (Lipinski definition) is 11. The molecule has 1 aliphatic heterocycles. The summed E-state index contributed by atoms with van der Waals surface area (Å²) in [6.07, 6.45) is -4.10. The summed E-state index contributed by atoms with van der Waals surface area (Å²) in [5, 5.41) is 37.4. The van der Waals surface area contributed by atoms with Gasteiger partial charge in [0.05, 0.1) is 23.6 Å². The number of anilines is 3. The lowest BCUT2D eigenvalue weighted by Crippen LogP contribution is -2.53. The number of piperidine rings is 1. The van der Waals surface area contributed by atoms with Gasteiger partial charge in [-0.05, 0) is 73.5 Å². The van der Waals surface area contributed by atoms with E-state index in [4.69, 9.17) is 10.00 Å². The first-order valence-corrected chi connectivity index (χ1v) is 17.6. The SMILES string of the molecule is CN(C(=O)Cc1ccc(NCCNCCNCCNc2ccc(OCC(C)(O)C(=O)Nc3ccc(C#N)c(C(F)(F)F)c3)cc2)cc1)C1CCC(=O)NC1=O. The Morgan fingerprint density at radius 2 is 1.47 bits per heavy atom. The summed E-state index contributed by atoms with van der Waals surface area (Å²) in [6, 6.07) is 17.9. The van der Waals surface area contributed by atoms with Crippen LogP contribution in [0.4, 0.5) is 30.2 Å². The average Bonchev–Trinajstić information content (AvgIpc) is 3.15. The van der Waals surface area contributed by atoms with E-state index in [9.17, 15) is 37.5 Å². The summed E-state index contributed by atoms with van der Waals surface area (Å²) >= 11 is 0. The van der Waals surface area contributed by atoms with Crippen molar-refractivity contribution < 1.29 is 42.2 Å². The van der Waals surface area contributed by atoms with Crippen molar-refractivity contribution in [1.82, 2.24) is 20.9 Å². The number of imide groups is 1. The molecule has 55 heavy (non-hydrogen) atoms. The zero-order valence-corrected chi connectivity index (χ0v) is 30.5. The Balaban J connectivity index is 1.04. The molecular formula is C38H45F3N8O6. The number of alkyl halides is 3. The third-order valence-electron chi connectivity index (χ3n) is 8.69. The minimum absolute atomic E-state index is 0.156. The molecule has 2 unspecified atom stereocenters. The standard InChI is InChI=1S/C38H45F3N8O6/c1-37(54,36(53)47-29-8-5-26(23-42)31(22-29)38(39,40)41)24-55-30-11-9-28(10-12-30)46-20-18-44-16-15-43-17-19-45-27-6-3-25(4-7-27)21-34(51)49(2)32-13-14-33(50)48-35(32)52/h3-12,22,32,43-46,54H,13-21,24H2,1-2H3,(H,47,53)(H,48,50,52). The van der Waals surface area contributed by atoms with E-state index >= 15 is 0 Å². The van der Waals surface area contributed by atoms with Crippen molar-refractivity contribution in [1.29, 1.82) is 5.26 Å². The van der Waals surface area contributed by atoms with Gasteiger partial charge in [0.1, 0.15) is 18.4 Å². The number of carbonyl (C=O) groups is 4. The van der Waals surface area contributed by atoms with Crippen LogP contribution in [0.15, 0.2) is 66.7 Å². The van der Waals surface area contributed by atoms with Crippen LogP contribution in [0.5, 0.6) is 5.75 Å². The second-order valence-electron chi connectivity index (χ2n) is 13.1. The molecule has 4 rings (SSSR count). The van der Waals surface area contributed by atoms with Crippen LogP contribution in [0.3, 0.4) is 0 Å². The number of benzene rings is 3. The first-order valence-electron chi connectivity index (χ1n) is 17.6. The van der Waals surface area contributed by atoms with E-state index in [1.54, 1.807) is 31.3 Å². The molecule has 14 nitrogen and oxygen atoms in total. The topological polar surface area (TPSA) is 197 Å². The molecule has 294 valence electrons. The van der Waals surface area contributed by atoms with E-state index in [0.29, 0.717) is 37.9 Å². The van der Waals surface area contributed by atoms with Crippen LogP contribution in [-0.4, -0.2) is 98.2 Å². The van der Waals surface area contributed by atoms with Crippen molar-refractivity contribution in [2.75, 3.05) is 68.9 Å². The number of nitrogens with one attached hydrogen (secondary N) is 6. The highest BCUT2D eigenvalue weighted by Gasteiger charge is 2.36. The molecule has 0 radical (unpaired) electrons. The van der Waals surface area contributed by atoms with E-state index in [1.165, 1.54) is 17.9 Å². The maximum absolute atomic E-state index is 13.3. The summed E-state index contributed by atoms with van der Waals surface area (Å²) in [4.78, 5) is 50.1. The molecule has 0 aliphatic carbocycles. The molecular weight excluding hydrogens is 721 g/mol. The van der Waals surface area contributed by atoms with E-state index in [-0.39, 0.29) is 30.3 Å². The smallest absolute Gasteiger partial charge is 0.417 e. The molecule has 1 aliphatic rings. The fourth-order valence-electron chi connectivity index (χ4n) is 5.46. The molecule has 0 bridgehead atoms. The molecule has 1 fully saturated rings. The summed E-state index contributed by atoms with van der Waals surface area (Å²) in [6.45, 7) is 5.03. The second kappa shape index (κ2) is 19.6. The zero-order chi connectivity index (χ0) is 40.0. The van der Waals surface area contributed by atoms with E-state index in [0.717, 1.165) is 48.7 Å². The van der Waals surface area contributed by atoms with Crippen molar-refractivity contribution in [3.8, 4) is 11.8 Å². The summed E-state index contributed by atoms with van der Waals surface area (Å²) in [5.41, 5.74) is -1.50. The van der Waals surface area contributed by atoms with Gasteiger partial charge in [-0.15, -0.1) is 0 Å². The number of amides is 4. The molecule has 1 saturated heterocycles. The van der Waals surface area contributed by atoms with Gasteiger partial charge in [-0.25, -0.2) is 0 Å². The number of aliphatic hydroxyl groups is 1. The Labute approximate surface area is 316 Å². The van der Waals surface area contributed by atoms with Crippen LogP contribution in [0.2, 0.25) is 0 Å². The first-order chi connectivity index (χ1) is 26.2. The Morgan fingerprint density at radius 1 is 0.909 bits per heavy atom. The van der Waals surface area contributed by atoms with Crippen molar-refractivity contribution in [3.63, 3.8) is 0 Å². The van der Waals surface area contributed by atoms with Crippen LogP contribution in [-0.2, 0) is 31.8 Å². The molecule has 17 heteroatoms. The van der Waals surface area contributed by atoms with Gasteiger partial charge in [0.15, 0.2) is 5.60 Å². The Kier molecular flexibility index (Phi) is 15.0. The number of rotatable bonds is 19. The number of carbonyl (C=O) groups excluding carboxylic acids is 4. The number of halogens is 3. The number of hydrogen-bond donors (Lipinski definition) is 7. The summed E-state index contributed by atoms with van der Waals surface area (Å²) < 4.78 is 45.3. The molecule has 2 atom stereocenters. The zero-order valence-electron chi connectivity index (χ0n) is 30.5. The lowest BCUT2D eigenvalue weighted by molar-refractivity contribution is -0.144. The Morgan fingerprint density at radius 3 is 2.04 bits per heavy atom. The van der Waals surface area contributed by atoms with Crippen LogP contribution in [0.25, 0.3) is 0 Å². The third kappa shape index (κ3) is 13.0. The van der Waals surface area contributed by atoms with Gasteiger partial charge in [0, 0.05) is 69.8 Å². The van der Waals surface area contributed by atoms with Crippen LogP contribution in [0, 0.1) is 11.3 Å². The second-order valence-corrected chi connectivity index (χ2v) is 13.1. The highest BCUT2D eigenvalue weighted by atomic mass is 19.4. The van der Waals surface area contributed by atoms with Gasteiger partial charge in [0.2, 0.25) is 17.7 Å². The summed E-state index contributed by atoms with van der Waals surface area (Å²) in [5.74, 6) is -1.55. The minimum Gasteiger partial charge on any atom is -0.490 e. The van der Waals surface area contributed by atoms with Crippen molar-refractivity contribution in [2.45, 2.75) is 44.0 Å². The van der Waals surface area contributed by atoms with Crippen molar-refractivity contribution >= 4 is 40.7 Å². The number of nitrogens with zero attached hydrogens (tertiary/aromatic N) is 2. The van der Waals surface area contributed by atoms with Gasteiger partial charge >= 0.3 is 6.18 Å². The van der Waals surface area contributed by atoms with Gasteiger partial charge < -0.3 is 41.3 Å². The van der Waals surface area contributed by atoms with E-state index in [1.807, 2.05) is 24.3 Å². The third-order valence-corrected chi connectivity index (χ3v) is 8.69. The fourth-order valence-corrected chi connectivity index (χ4v) is 5.46. The van der Waals surface area contributed by atoms with E-state index in [2.05, 4.69) is 31.9 Å². The van der Waals surface area contributed by atoms with Gasteiger partial charge in [-0.2, -0.15) is 18.4 Å². The van der Waals surface area contributed by atoms with Crippen LogP contribution >= 0.6 is 0 Å². The predicted molar refractivity (Wildman–Crippen MR) is 199 cm³/mol. The Bertz CT molecular complexity index is 1830. The largest absolute Gasteiger partial charge is 0.490 e. The molecule has 0 saturated carbocycles. The van der Waals surface area contributed by atoms with Crippen LogP contribution < -0.4 is 36.6 Å². The number of likely N-dealkylation sites (N-methyl/N-ethyl adjacent to an activating group) is 1. The fraction of sp³-hybridized carbons (Fsp3) is 0.395. The molecule has 0 aromatic heterocycles. The van der Waals surface area contributed by atoms with E-state index < -0.39 is 47.4 Å². The Hall–Kier alpha value is -5.70. The maximum atomic E-state index is 13.3. The molecule has 4 amide bonds. The average molecular weight is 767 g/mol. The molecule has 0 spiro atoms. The molecule has 3 aromatic rings. The molecule has 3 aromatic carbocycles. The first kappa shape index (κ1) is 42.0. The van der Waals surface area contributed by atoms with Crippen LogP contribution in [0.1, 0.15) is 36.5 Å².